The van der Waals surface area contributed by atoms with E-state index >= 15 is 0 Å². The summed E-state index contributed by atoms with van der Waals surface area (Å²) >= 11 is 0.195. The topological polar surface area (TPSA) is 488 Å². The fraction of sp³-hybridized carbons (Fsp3) is 0.791. The van der Waals surface area contributed by atoms with Crippen LogP contribution in [-0.4, -0.2) is 182 Å². The van der Waals surface area contributed by atoms with E-state index in [0.717, 1.165) is 43.3 Å². The highest BCUT2D eigenvalue weighted by Crippen LogP contribution is 2.73. The molecule has 2 heterocycles. The maximum atomic E-state index is 13.8. The van der Waals surface area contributed by atoms with Gasteiger partial charge in [0.15, 0.2) is 65.4 Å². The van der Waals surface area contributed by atoms with Crippen LogP contribution in [0.25, 0.3) is 0 Å². The van der Waals surface area contributed by atoms with Gasteiger partial charge >= 0.3 is 44.7 Å². The van der Waals surface area contributed by atoms with E-state index in [-0.39, 0.29) is 114 Å². The number of fused-ring (bicyclic) bond motifs is 6. The Morgan fingerprint density at radius 2 is 1.02 bits per heavy atom. The second-order valence-corrected chi connectivity index (χ2v) is 36.6. The standard InChI is InChI=1S/C37H52O17S3.C30H46O16S2/c1-19(2)14-29(38)52-32-31(54-57(47,48)49)30(53-56(44,45)46)27(18-55(42,43)24-9-6-20(3)7-10-24)51-35(32)50-23-15-25(34(40)41)26-12-13-37-16-22(21(4)33(37)39)8-11-28(37)36(26,5)17-23;1-14(2)9-22(32)40-25-24(42-48-46-44-37)23(41-47-45-43-36)20(13-31)39-28(25)38-17-10-18(27(34)35)19-7-8-30-11-16(15(3)26(30)33)5-6-21(30)29(19,4)12-17/h6-7,9-10,19,22-23,25-28,30-33,35,39H,4,8,11-18H2,1-3,5H3,(H,40,41)(H,44,45,46)(H,47,48,49);14,16-21,23-26,28,31,33,36-37H,3,5-13H2,1-2,4H3,(H,34,35)/p-2/t22?,23?,25?,26?,27-,28?,30+,31?,32?,33-,35?,36?,37?;16?,17?,18?,19?,20-,21?,23+,24?,25?,26-,28?,29?,30?/m00/s1. The number of carbonyl (C=O) groups is 4. The lowest BCUT2D eigenvalue weighted by molar-refractivity contribution is -0.778. The number of hydrogen-bond donors (Lipinski definition) is 7. The van der Waals surface area contributed by atoms with Gasteiger partial charge in [0.2, 0.25) is 0 Å². The lowest BCUT2D eigenvalue weighted by Gasteiger charge is -2.62. The molecule has 2 spiro atoms. The van der Waals surface area contributed by atoms with Crippen molar-refractivity contribution >= 4 is 79.2 Å². The van der Waals surface area contributed by atoms with Crippen molar-refractivity contribution in [3.8, 4) is 0 Å². The van der Waals surface area contributed by atoms with Gasteiger partial charge in [-0.1, -0.05) is 72.4 Å². The fourth-order valence-electron chi connectivity index (χ4n) is 20.6. The minimum Gasteiger partial charge on any atom is -0.691 e. The smallest absolute Gasteiger partial charge is 0.397 e. The van der Waals surface area contributed by atoms with Crippen LogP contribution in [0.3, 0.4) is 0 Å². The SMILES string of the molecule is C=C1C2CCC3C4(C)CC(OC5O[C@@H](CO)[C@@H](OSOO[O-])C(OSOO[O-])C5OC(=O)CC(C)C)CC(C(=O)O)C4CCC3(C2)[C@H]1O.C=C1C2CCC3C4(C)CC(OC5O[C@@H](CS(=O)(=O)c6ccc(C)cc6)[C@@H](OS(=O)(=O)O)C(OS(=O)(=O)O)C5OC(=O)CC(C)C)CC(C(=O)O)C4CCC3(C2)[C@H]1O. The van der Waals surface area contributed by atoms with E-state index < -0.39 is 181 Å². The van der Waals surface area contributed by atoms with Gasteiger partial charge in [0.1, 0.15) is 30.5 Å². The van der Waals surface area contributed by atoms with Gasteiger partial charge < -0.3 is 64.5 Å². The van der Waals surface area contributed by atoms with Crippen LogP contribution in [0.2, 0.25) is 0 Å². The summed E-state index contributed by atoms with van der Waals surface area (Å²) in [6.07, 6.45) is -13.2. The summed E-state index contributed by atoms with van der Waals surface area (Å²) in [7, 11) is -15.6. The zero-order chi connectivity index (χ0) is 76.8. The third-order valence-electron chi connectivity index (χ3n) is 24.5. The first-order valence-electron chi connectivity index (χ1n) is 35.2. The normalized spacial score (nSPS) is 40.2. The maximum Gasteiger partial charge on any atom is 0.397 e. The molecule has 594 valence electrons. The Balaban J connectivity index is 0.000000228. The molecule has 0 aromatic heterocycles. The van der Waals surface area contributed by atoms with Crippen molar-refractivity contribution in [3.63, 3.8) is 0 Å². The Hall–Kier alpha value is -3.63. The molecule has 4 bridgehead atoms. The number of carboxylic acids is 2. The highest BCUT2D eigenvalue weighted by Gasteiger charge is 2.70. The number of sulfone groups is 1. The first-order chi connectivity index (χ1) is 49.2. The van der Waals surface area contributed by atoms with E-state index in [9.17, 15) is 89.6 Å². The van der Waals surface area contributed by atoms with E-state index in [1.807, 2.05) is 20.8 Å². The van der Waals surface area contributed by atoms with Gasteiger partial charge in [0, 0.05) is 23.7 Å². The third-order valence-corrected chi connectivity index (χ3v) is 28.0. The molecule has 20 unspecified atom stereocenters. The van der Waals surface area contributed by atoms with E-state index in [0.29, 0.717) is 44.1 Å². The van der Waals surface area contributed by atoms with E-state index in [1.54, 1.807) is 20.8 Å². The summed E-state index contributed by atoms with van der Waals surface area (Å²) in [4.78, 5) is 51.8. The molecule has 1 aromatic rings. The van der Waals surface area contributed by atoms with Crippen molar-refractivity contribution in [2.24, 2.45) is 80.8 Å². The molecule has 2 aliphatic heterocycles. The average Bonchev–Trinajstić information content (AvgIpc) is 1.63. The number of benzene rings is 1. The maximum absolute atomic E-state index is 13.8. The molecule has 2 saturated heterocycles. The molecule has 10 aliphatic rings. The number of hydrogen-bond acceptors (Lipinski definition) is 31. The lowest BCUT2D eigenvalue weighted by Crippen LogP contribution is -2.64. The largest absolute Gasteiger partial charge is 0.691 e. The summed E-state index contributed by atoms with van der Waals surface area (Å²) in [6, 6.07) is 5.54. The van der Waals surface area contributed by atoms with E-state index in [2.05, 4.69) is 38.8 Å². The Morgan fingerprint density at radius 1 is 0.600 bits per heavy atom. The molecule has 0 amide bonds. The lowest BCUT2D eigenvalue weighted by atomic mass is 9.43. The predicted molar refractivity (Wildman–Crippen MR) is 357 cm³/mol. The Bertz CT molecular complexity index is 3640. The van der Waals surface area contributed by atoms with Crippen LogP contribution in [0, 0.1) is 87.8 Å². The van der Waals surface area contributed by atoms with Gasteiger partial charge in [-0.2, -0.15) is 16.8 Å². The van der Waals surface area contributed by atoms with Gasteiger partial charge in [-0.25, -0.2) is 16.8 Å². The van der Waals surface area contributed by atoms with Gasteiger partial charge in [0.25, 0.3) is 0 Å². The van der Waals surface area contributed by atoms with Crippen LogP contribution >= 0.6 is 24.6 Å². The van der Waals surface area contributed by atoms with Gasteiger partial charge in [0.05, 0.1) is 53.5 Å². The number of carbonyl (C=O) groups excluding carboxylic acids is 2. The third kappa shape index (κ3) is 17.8. The minimum absolute atomic E-state index is 0.00271. The van der Waals surface area contributed by atoms with E-state index in [4.69, 9.17) is 45.2 Å². The molecule has 38 heteroatoms. The number of rotatable bonds is 28. The monoisotopic (exact) mass is 1590 g/mol. The molecule has 11 rings (SSSR count). The van der Waals surface area contributed by atoms with Crippen molar-refractivity contribution in [1.29, 1.82) is 0 Å². The highest BCUT2D eigenvalue weighted by atomic mass is 32.3. The van der Waals surface area contributed by atoms with Crippen molar-refractivity contribution < 1.29 is 153 Å². The second-order valence-electron chi connectivity index (χ2n) is 31.5. The van der Waals surface area contributed by atoms with Crippen molar-refractivity contribution in [3.05, 3.63) is 54.1 Å². The second kappa shape index (κ2) is 33.4. The van der Waals surface area contributed by atoms with Crippen LogP contribution in [0.15, 0.2) is 53.5 Å². The molecular formula is C67H96O33S5-2. The molecule has 8 aliphatic carbocycles. The molecule has 8 saturated carbocycles. The van der Waals surface area contributed by atoms with Crippen LogP contribution in [-0.2, 0) is 114 Å². The summed E-state index contributed by atoms with van der Waals surface area (Å²) < 4.78 is 162. The number of esters is 2. The number of ether oxygens (including phenoxy) is 6. The van der Waals surface area contributed by atoms with Crippen molar-refractivity contribution in [1.82, 2.24) is 0 Å². The number of aliphatic hydroxyl groups is 3. The summed E-state index contributed by atoms with van der Waals surface area (Å²) in [5.74, 6) is -7.15. The summed E-state index contributed by atoms with van der Waals surface area (Å²) in [5, 5.41) is 82.0. The molecule has 7 N–H and O–H groups in total. The molecule has 0 radical (unpaired) electrons. The zero-order valence-corrected chi connectivity index (χ0v) is 63.2. The van der Waals surface area contributed by atoms with Gasteiger partial charge in [-0.05, 0) is 178 Å². The summed E-state index contributed by atoms with van der Waals surface area (Å²) in [6.45, 7) is 20.5. The quantitative estimate of drug-likeness (QED) is 0.00839. The predicted octanol–water partition coefficient (Wildman–Crippen LogP) is 5.09. The van der Waals surface area contributed by atoms with Gasteiger partial charge in [-0.3, -0.25) is 46.7 Å². The summed E-state index contributed by atoms with van der Waals surface area (Å²) in [5.41, 5.74) is 0.171. The van der Waals surface area contributed by atoms with Gasteiger partial charge in [-0.15, -0.1) is 8.67 Å². The Morgan fingerprint density at radius 3 is 1.43 bits per heavy atom. The Kier molecular flexibility index (Phi) is 26.6. The molecule has 10 fully saturated rings. The minimum atomic E-state index is -5.58. The number of aliphatic hydroxyl groups excluding tert-OH is 3. The van der Waals surface area contributed by atoms with Crippen molar-refractivity contribution in [2.45, 2.75) is 242 Å². The molecule has 1 aromatic carbocycles. The highest BCUT2D eigenvalue weighted by molar-refractivity contribution is 7.91. The number of aliphatic carboxylic acids is 2. The van der Waals surface area contributed by atoms with E-state index in [1.165, 1.54) is 24.3 Å². The fourth-order valence-corrected chi connectivity index (χ4v) is 23.8. The first kappa shape index (κ1) is 83.8. The van der Waals surface area contributed by atoms with Crippen LogP contribution < -0.4 is 10.5 Å². The number of carboxylic acid groups (broad SMARTS) is 2. The Labute approximate surface area is 618 Å². The molecule has 26 atom stereocenters. The average molecular weight is 1590 g/mol. The van der Waals surface area contributed by atoms with Crippen LogP contribution in [0.4, 0.5) is 0 Å². The molecule has 105 heavy (non-hydrogen) atoms. The van der Waals surface area contributed by atoms with Crippen LogP contribution in [0.5, 0.6) is 0 Å². The first-order valence-corrected chi connectivity index (χ1v) is 40.9. The number of aryl methyl sites for hydroxylation is 1. The van der Waals surface area contributed by atoms with Crippen LogP contribution in [0.1, 0.15) is 150 Å². The molecule has 33 nitrogen and oxygen atoms in total. The van der Waals surface area contributed by atoms with Crippen molar-refractivity contribution in [2.75, 3.05) is 12.4 Å². The molecular weight excluding hydrogens is 1490 g/mol. The zero-order valence-electron chi connectivity index (χ0n) is 59.1.